The summed E-state index contributed by atoms with van der Waals surface area (Å²) in [5, 5.41) is 2.42. The molecule has 0 aliphatic carbocycles. The van der Waals surface area contributed by atoms with Crippen molar-refractivity contribution in [3.8, 4) is 5.75 Å². The van der Waals surface area contributed by atoms with Crippen molar-refractivity contribution in [1.82, 2.24) is 16.2 Å². The van der Waals surface area contributed by atoms with Gasteiger partial charge in [0.25, 0.3) is 5.91 Å². The molecule has 0 heterocycles. The minimum atomic E-state index is -0.439. The van der Waals surface area contributed by atoms with Crippen LogP contribution in [0.5, 0.6) is 5.75 Å². The lowest BCUT2D eigenvalue weighted by Crippen LogP contribution is -2.48. The standard InChI is InChI=1S/C19H18BrN3O3S/c1-12-7-8-14(11-15(12)20)18(25)22-23-19(27)21-17(24)10-9-13-5-3-4-6-16(13)26-2/h3-11H,1-2H3,(H,22,25)(H2,21,23,24,27)/b10-9+. The van der Waals surface area contributed by atoms with Crippen molar-refractivity contribution in [2.24, 2.45) is 0 Å². The van der Waals surface area contributed by atoms with Crippen molar-refractivity contribution >= 4 is 51.2 Å². The fraction of sp³-hybridized carbons (Fsp3) is 0.105. The number of amides is 2. The van der Waals surface area contributed by atoms with E-state index < -0.39 is 5.91 Å². The maximum Gasteiger partial charge on any atom is 0.269 e. The Labute approximate surface area is 171 Å². The van der Waals surface area contributed by atoms with Crippen LogP contribution in [-0.4, -0.2) is 24.0 Å². The highest BCUT2D eigenvalue weighted by Gasteiger charge is 2.08. The van der Waals surface area contributed by atoms with Crippen molar-refractivity contribution in [3.05, 3.63) is 69.7 Å². The predicted octanol–water partition coefficient (Wildman–Crippen LogP) is 3.12. The van der Waals surface area contributed by atoms with Crippen molar-refractivity contribution in [1.29, 1.82) is 0 Å². The van der Waals surface area contributed by atoms with Crippen LogP contribution in [0, 0.1) is 6.92 Å². The molecular formula is C19H18BrN3O3S. The molecule has 0 saturated heterocycles. The van der Waals surface area contributed by atoms with Crippen LogP contribution in [0.1, 0.15) is 21.5 Å². The number of nitrogens with one attached hydrogen (secondary N) is 3. The molecule has 2 aromatic rings. The zero-order valence-electron chi connectivity index (χ0n) is 14.7. The second-order valence-corrected chi connectivity index (χ2v) is 6.70. The molecule has 6 nitrogen and oxygen atoms in total. The topological polar surface area (TPSA) is 79.5 Å². The summed E-state index contributed by atoms with van der Waals surface area (Å²) in [7, 11) is 1.56. The molecule has 0 saturated carbocycles. The third-order valence-corrected chi connectivity index (χ3v) is 4.57. The van der Waals surface area contributed by atoms with Gasteiger partial charge in [0.05, 0.1) is 7.11 Å². The molecule has 2 aromatic carbocycles. The van der Waals surface area contributed by atoms with E-state index in [-0.39, 0.29) is 11.0 Å². The van der Waals surface area contributed by atoms with Gasteiger partial charge in [-0.1, -0.05) is 40.2 Å². The van der Waals surface area contributed by atoms with E-state index in [1.807, 2.05) is 31.2 Å². The summed E-state index contributed by atoms with van der Waals surface area (Å²) in [6.45, 7) is 1.92. The molecule has 2 rings (SSSR count). The molecule has 0 unspecified atom stereocenters. The minimum Gasteiger partial charge on any atom is -0.496 e. The van der Waals surface area contributed by atoms with E-state index in [0.717, 1.165) is 15.6 Å². The van der Waals surface area contributed by atoms with Gasteiger partial charge in [-0.15, -0.1) is 0 Å². The molecule has 0 bridgehead atoms. The van der Waals surface area contributed by atoms with E-state index in [9.17, 15) is 9.59 Å². The SMILES string of the molecule is COc1ccccc1/C=C/C(=O)NC(=S)NNC(=O)c1ccc(C)c(Br)c1. The number of carbonyl (C=O) groups is 2. The first-order chi connectivity index (χ1) is 12.9. The number of rotatable bonds is 4. The fourth-order valence-electron chi connectivity index (χ4n) is 2.07. The third kappa shape index (κ3) is 6.19. The summed E-state index contributed by atoms with van der Waals surface area (Å²) in [4.78, 5) is 24.0. The first-order valence-corrected chi connectivity index (χ1v) is 9.09. The Balaban J connectivity index is 1.86. The molecule has 0 aromatic heterocycles. The number of hydrogen-bond donors (Lipinski definition) is 3. The second kappa shape index (κ2) is 9.84. The Morgan fingerprint density at radius 2 is 1.89 bits per heavy atom. The number of ether oxygens (including phenoxy) is 1. The zero-order valence-corrected chi connectivity index (χ0v) is 17.1. The van der Waals surface area contributed by atoms with Gasteiger partial charge in [0, 0.05) is 21.7 Å². The molecule has 3 N–H and O–H groups in total. The smallest absolute Gasteiger partial charge is 0.269 e. The molecular weight excluding hydrogens is 430 g/mol. The molecule has 140 valence electrons. The number of aryl methyl sites for hydroxylation is 1. The largest absolute Gasteiger partial charge is 0.496 e. The summed E-state index contributed by atoms with van der Waals surface area (Å²) < 4.78 is 6.04. The number of carbonyl (C=O) groups excluding carboxylic acids is 2. The van der Waals surface area contributed by atoms with Crippen LogP contribution < -0.4 is 20.9 Å². The Bertz CT molecular complexity index is 900. The number of halogens is 1. The molecule has 0 atom stereocenters. The lowest BCUT2D eigenvalue weighted by Gasteiger charge is -2.10. The van der Waals surface area contributed by atoms with Crippen LogP contribution in [0.25, 0.3) is 6.08 Å². The summed E-state index contributed by atoms with van der Waals surface area (Å²) in [5.41, 5.74) is 7.15. The highest BCUT2D eigenvalue weighted by Crippen LogP contribution is 2.18. The fourth-order valence-corrected chi connectivity index (χ4v) is 2.60. The lowest BCUT2D eigenvalue weighted by molar-refractivity contribution is -0.115. The highest BCUT2D eigenvalue weighted by atomic mass is 79.9. The van der Waals surface area contributed by atoms with Gasteiger partial charge in [-0.05, 0) is 49.0 Å². The molecule has 27 heavy (non-hydrogen) atoms. The minimum absolute atomic E-state index is 0.0239. The Kier molecular flexibility index (Phi) is 7.51. The summed E-state index contributed by atoms with van der Waals surface area (Å²) >= 11 is 8.37. The van der Waals surface area contributed by atoms with Crippen LogP contribution in [-0.2, 0) is 4.79 Å². The van der Waals surface area contributed by atoms with E-state index in [1.165, 1.54) is 6.08 Å². The van der Waals surface area contributed by atoms with E-state index in [2.05, 4.69) is 32.1 Å². The van der Waals surface area contributed by atoms with Gasteiger partial charge in [-0.2, -0.15) is 0 Å². The van der Waals surface area contributed by atoms with Crippen molar-refractivity contribution < 1.29 is 14.3 Å². The summed E-state index contributed by atoms with van der Waals surface area (Å²) in [5.74, 6) is -0.165. The van der Waals surface area contributed by atoms with Crippen molar-refractivity contribution in [3.63, 3.8) is 0 Å². The van der Waals surface area contributed by atoms with Crippen LogP contribution in [0.3, 0.4) is 0 Å². The Hall–Kier alpha value is -2.71. The molecule has 8 heteroatoms. The number of para-hydroxylation sites is 1. The van der Waals surface area contributed by atoms with E-state index in [4.69, 9.17) is 17.0 Å². The first-order valence-electron chi connectivity index (χ1n) is 7.89. The normalized spacial score (nSPS) is 10.3. The molecule has 0 aliphatic rings. The number of methoxy groups -OCH3 is 1. The van der Waals surface area contributed by atoms with E-state index >= 15 is 0 Å². The number of hydrazine groups is 1. The summed E-state index contributed by atoms with van der Waals surface area (Å²) in [6, 6.07) is 12.5. The van der Waals surface area contributed by atoms with Crippen molar-refractivity contribution in [2.45, 2.75) is 6.92 Å². The van der Waals surface area contributed by atoms with E-state index in [0.29, 0.717) is 11.3 Å². The van der Waals surface area contributed by atoms with Gasteiger partial charge >= 0.3 is 0 Å². The maximum atomic E-state index is 12.1. The summed E-state index contributed by atoms with van der Waals surface area (Å²) in [6.07, 6.45) is 2.93. The lowest BCUT2D eigenvalue weighted by atomic mass is 10.1. The van der Waals surface area contributed by atoms with Crippen LogP contribution in [0.2, 0.25) is 0 Å². The van der Waals surface area contributed by atoms with Gasteiger partial charge < -0.3 is 4.74 Å². The second-order valence-electron chi connectivity index (χ2n) is 5.44. The zero-order chi connectivity index (χ0) is 19.8. The average Bonchev–Trinajstić information content (AvgIpc) is 2.66. The van der Waals surface area contributed by atoms with Crippen LogP contribution in [0.4, 0.5) is 0 Å². The van der Waals surface area contributed by atoms with Crippen LogP contribution >= 0.6 is 28.1 Å². The Morgan fingerprint density at radius 1 is 1.15 bits per heavy atom. The highest BCUT2D eigenvalue weighted by molar-refractivity contribution is 9.10. The van der Waals surface area contributed by atoms with Gasteiger partial charge in [-0.3, -0.25) is 25.8 Å². The number of hydrogen-bond acceptors (Lipinski definition) is 4. The number of benzene rings is 2. The monoisotopic (exact) mass is 447 g/mol. The third-order valence-electron chi connectivity index (χ3n) is 3.51. The van der Waals surface area contributed by atoms with Crippen molar-refractivity contribution in [2.75, 3.05) is 7.11 Å². The molecule has 0 fully saturated rings. The molecule has 0 radical (unpaired) electrons. The van der Waals surface area contributed by atoms with Gasteiger partial charge in [0.2, 0.25) is 5.91 Å². The van der Waals surface area contributed by atoms with E-state index in [1.54, 1.807) is 31.4 Å². The molecule has 0 aliphatic heterocycles. The first kappa shape index (κ1) is 20.6. The quantitative estimate of drug-likeness (QED) is 0.381. The number of thiocarbonyl (C=S) groups is 1. The van der Waals surface area contributed by atoms with Gasteiger partial charge in [0.1, 0.15) is 5.75 Å². The van der Waals surface area contributed by atoms with Gasteiger partial charge in [-0.25, -0.2) is 0 Å². The maximum absolute atomic E-state index is 12.1. The molecule has 0 spiro atoms. The Morgan fingerprint density at radius 3 is 2.59 bits per heavy atom. The molecule has 2 amide bonds. The predicted molar refractivity (Wildman–Crippen MR) is 112 cm³/mol. The van der Waals surface area contributed by atoms with Gasteiger partial charge in [0.15, 0.2) is 5.11 Å². The van der Waals surface area contributed by atoms with Crippen LogP contribution in [0.15, 0.2) is 53.0 Å². The average molecular weight is 448 g/mol.